The van der Waals surface area contributed by atoms with E-state index in [1.165, 1.54) is 4.90 Å². The van der Waals surface area contributed by atoms with Crippen molar-refractivity contribution >= 4 is 17.9 Å². The molecule has 3 aliphatic heterocycles. The molecule has 0 saturated carbocycles. The van der Waals surface area contributed by atoms with Gasteiger partial charge >= 0.3 is 12.0 Å². The van der Waals surface area contributed by atoms with Crippen LogP contribution in [0.3, 0.4) is 0 Å². The maximum atomic E-state index is 12.8. The molecule has 35 heavy (non-hydrogen) atoms. The van der Waals surface area contributed by atoms with Gasteiger partial charge in [0.15, 0.2) is 6.23 Å². The van der Waals surface area contributed by atoms with Crippen molar-refractivity contribution in [3.05, 3.63) is 83.9 Å². The van der Waals surface area contributed by atoms with Crippen LogP contribution in [0, 0.1) is 11.8 Å². The van der Waals surface area contributed by atoms with Crippen LogP contribution in [-0.2, 0) is 14.3 Å². The summed E-state index contributed by atoms with van der Waals surface area (Å²) in [5.74, 6) is -3.55. The number of fused-ring (bicyclic) bond motifs is 2. The van der Waals surface area contributed by atoms with Crippen molar-refractivity contribution in [2.45, 2.75) is 30.4 Å². The third kappa shape index (κ3) is 4.28. The Labute approximate surface area is 202 Å². The molecule has 9 heteroatoms. The highest BCUT2D eigenvalue weighted by Crippen LogP contribution is 2.39. The van der Waals surface area contributed by atoms with Gasteiger partial charge in [-0.25, -0.2) is 4.79 Å². The molecule has 0 aromatic heterocycles. The first-order chi connectivity index (χ1) is 17.0. The predicted molar refractivity (Wildman–Crippen MR) is 125 cm³/mol. The Kier molecular flexibility index (Phi) is 6.27. The molecule has 9 nitrogen and oxygen atoms in total. The summed E-state index contributed by atoms with van der Waals surface area (Å²) < 4.78 is 5.55. The molecule has 0 aliphatic carbocycles. The maximum absolute atomic E-state index is 12.8. The van der Waals surface area contributed by atoms with E-state index in [0.29, 0.717) is 0 Å². The molecule has 2 aromatic rings. The van der Waals surface area contributed by atoms with Gasteiger partial charge in [0.25, 0.3) is 0 Å². The third-order valence-corrected chi connectivity index (χ3v) is 7.01. The Hall–Kier alpha value is -3.69. The summed E-state index contributed by atoms with van der Waals surface area (Å²) in [4.78, 5) is 38.4. The minimum absolute atomic E-state index is 0.0702. The molecular formula is C26H27N3O6. The second-order valence-electron chi connectivity index (χ2n) is 9.01. The van der Waals surface area contributed by atoms with Crippen LogP contribution in [0.5, 0.6) is 0 Å². The average Bonchev–Trinajstić information content (AvgIpc) is 3.56. The number of benzene rings is 2. The van der Waals surface area contributed by atoms with Crippen molar-refractivity contribution in [2.75, 3.05) is 13.1 Å². The third-order valence-electron chi connectivity index (χ3n) is 7.01. The Morgan fingerprint density at radius 1 is 0.971 bits per heavy atom. The molecule has 5 rings (SSSR count). The predicted octanol–water partition coefficient (Wildman–Crippen LogP) is 1.30. The van der Waals surface area contributed by atoms with Gasteiger partial charge in [0, 0.05) is 19.0 Å². The number of carboxylic acid groups (broad SMARTS) is 1. The Morgan fingerprint density at radius 2 is 1.54 bits per heavy atom. The van der Waals surface area contributed by atoms with Crippen LogP contribution in [-0.4, -0.2) is 70.6 Å². The highest BCUT2D eigenvalue weighted by molar-refractivity contribution is 5.87. The van der Waals surface area contributed by atoms with Gasteiger partial charge in [0.2, 0.25) is 5.91 Å². The van der Waals surface area contributed by atoms with Crippen LogP contribution in [0.1, 0.15) is 17.0 Å². The monoisotopic (exact) mass is 477 g/mol. The number of hydrogen-bond acceptors (Lipinski definition) is 5. The standard InChI is InChI=1S/C26H27N3O6/c30-23(20-17-11-12-18(35-17)21(20)25(32)33)27-13-14-29-24(31)22(28-26(29)34)19(15-7-3-1-4-8-15)16-9-5-2-6-10-16/h1-12,17-22,24,31H,13-14H2,(H,27,30)(H,28,34)(H,32,33). The lowest BCUT2D eigenvalue weighted by molar-refractivity contribution is -0.146. The molecule has 3 heterocycles. The summed E-state index contributed by atoms with van der Waals surface area (Å²) in [7, 11) is 0. The summed E-state index contributed by atoms with van der Waals surface area (Å²) in [6.45, 7) is 0.141. The molecule has 2 aromatic carbocycles. The molecule has 2 fully saturated rings. The van der Waals surface area contributed by atoms with E-state index in [4.69, 9.17) is 4.74 Å². The van der Waals surface area contributed by atoms with E-state index >= 15 is 0 Å². The second-order valence-corrected chi connectivity index (χ2v) is 9.01. The number of ether oxygens (including phenoxy) is 1. The number of hydrogen-bond donors (Lipinski definition) is 4. The largest absolute Gasteiger partial charge is 0.481 e. The van der Waals surface area contributed by atoms with Crippen molar-refractivity contribution in [1.82, 2.24) is 15.5 Å². The van der Waals surface area contributed by atoms with Gasteiger partial charge in [-0.3, -0.25) is 14.5 Å². The lowest BCUT2D eigenvalue weighted by Gasteiger charge is -2.28. The number of carboxylic acids is 1. The number of aliphatic hydroxyl groups excluding tert-OH is 1. The number of rotatable bonds is 8. The van der Waals surface area contributed by atoms with Gasteiger partial charge < -0.3 is 25.6 Å². The molecule has 0 spiro atoms. The fourth-order valence-corrected chi connectivity index (χ4v) is 5.36. The second kappa shape index (κ2) is 9.52. The van der Waals surface area contributed by atoms with Crippen molar-refractivity contribution in [2.24, 2.45) is 11.8 Å². The van der Waals surface area contributed by atoms with Crippen molar-refractivity contribution in [1.29, 1.82) is 0 Å². The van der Waals surface area contributed by atoms with Crippen molar-refractivity contribution in [3.63, 3.8) is 0 Å². The molecular weight excluding hydrogens is 450 g/mol. The Balaban J connectivity index is 1.26. The first kappa shape index (κ1) is 23.1. The number of carbonyl (C=O) groups is 3. The lowest BCUT2D eigenvalue weighted by atomic mass is 9.82. The van der Waals surface area contributed by atoms with Crippen molar-refractivity contribution in [3.8, 4) is 0 Å². The molecule has 6 unspecified atom stereocenters. The van der Waals surface area contributed by atoms with E-state index in [0.717, 1.165) is 11.1 Å². The number of aliphatic carboxylic acids is 1. The fourth-order valence-electron chi connectivity index (χ4n) is 5.36. The number of nitrogens with one attached hydrogen (secondary N) is 2. The summed E-state index contributed by atoms with van der Waals surface area (Å²) in [6.07, 6.45) is 1.10. The first-order valence-electron chi connectivity index (χ1n) is 11.6. The molecule has 2 bridgehead atoms. The highest BCUT2D eigenvalue weighted by atomic mass is 16.5. The average molecular weight is 478 g/mol. The molecule has 3 amide bonds. The summed E-state index contributed by atoms with van der Waals surface area (Å²) in [5, 5.41) is 26.2. The quantitative estimate of drug-likeness (QED) is 0.425. The molecule has 4 N–H and O–H groups in total. The van der Waals surface area contributed by atoms with E-state index in [1.54, 1.807) is 12.2 Å². The molecule has 2 saturated heterocycles. The maximum Gasteiger partial charge on any atom is 0.319 e. The normalized spacial score (nSPS) is 29.0. The van der Waals surface area contributed by atoms with E-state index in [2.05, 4.69) is 10.6 Å². The first-order valence-corrected chi connectivity index (χ1v) is 11.6. The van der Waals surface area contributed by atoms with Crippen LogP contribution >= 0.6 is 0 Å². The van der Waals surface area contributed by atoms with E-state index < -0.39 is 54.2 Å². The van der Waals surface area contributed by atoms with Gasteiger partial charge in [0.05, 0.1) is 24.2 Å². The van der Waals surface area contributed by atoms with E-state index in [9.17, 15) is 24.6 Å². The Bertz CT molecular complexity index is 1080. The summed E-state index contributed by atoms with van der Waals surface area (Å²) in [5.41, 5.74) is 1.92. The van der Waals surface area contributed by atoms with Crippen LogP contribution in [0.2, 0.25) is 0 Å². The minimum Gasteiger partial charge on any atom is -0.481 e. The number of aliphatic hydroxyl groups is 1. The zero-order chi connectivity index (χ0) is 24.5. The van der Waals surface area contributed by atoms with E-state index in [-0.39, 0.29) is 19.0 Å². The van der Waals surface area contributed by atoms with Crippen LogP contribution in [0.25, 0.3) is 0 Å². The summed E-state index contributed by atoms with van der Waals surface area (Å²) >= 11 is 0. The van der Waals surface area contributed by atoms with Crippen LogP contribution in [0.4, 0.5) is 4.79 Å². The van der Waals surface area contributed by atoms with Gasteiger partial charge in [-0.2, -0.15) is 0 Å². The van der Waals surface area contributed by atoms with Gasteiger partial charge in [-0.1, -0.05) is 72.8 Å². The number of amides is 3. The van der Waals surface area contributed by atoms with E-state index in [1.807, 2.05) is 60.7 Å². The number of urea groups is 1. The van der Waals surface area contributed by atoms with Gasteiger partial charge in [-0.15, -0.1) is 0 Å². The zero-order valence-corrected chi connectivity index (χ0v) is 18.9. The molecule has 0 radical (unpaired) electrons. The Morgan fingerprint density at radius 3 is 2.11 bits per heavy atom. The minimum atomic E-state index is -1.12. The number of nitrogens with zero attached hydrogens (tertiary/aromatic N) is 1. The molecule has 6 atom stereocenters. The van der Waals surface area contributed by atoms with Crippen LogP contribution in [0.15, 0.2) is 72.8 Å². The lowest BCUT2D eigenvalue weighted by Crippen LogP contribution is -2.46. The fraction of sp³-hybridized carbons (Fsp3) is 0.346. The van der Waals surface area contributed by atoms with Crippen LogP contribution < -0.4 is 10.6 Å². The topological polar surface area (TPSA) is 128 Å². The highest BCUT2D eigenvalue weighted by Gasteiger charge is 2.53. The van der Waals surface area contributed by atoms with Crippen molar-refractivity contribution < 1.29 is 29.3 Å². The molecule has 182 valence electrons. The smallest absolute Gasteiger partial charge is 0.319 e. The summed E-state index contributed by atoms with van der Waals surface area (Å²) in [6, 6.07) is 18.3. The molecule has 3 aliphatic rings. The van der Waals surface area contributed by atoms with Gasteiger partial charge in [0.1, 0.15) is 5.92 Å². The zero-order valence-electron chi connectivity index (χ0n) is 18.9. The number of carbonyl (C=O) groups excluding carboxylic acids is 2. The SMILES string of the molecule is O=C(O)C1C2C=CC(O2)C1C(=O)NCCN1C(=O)NC(C(c2ccccc2)c2ccccc2)C1O. The van der Waals surface area contributed by atoms with Gasteiger partial charge in [-0.05, 0) is 11.1 Å².